The highest BCUT2D eigenvalue weighted by Gasteiger charge is 2.19. The van der Waals surface area contributed by atoms with Crippen LogP contribution in [0.15, 0.2) is 24.3 Å². The maximum absolute atomic E-state index is 5.40. The predicted octanol–water partition coefficient (Wildman–Crippen LogP) is 1.70. The Morgan fingerprint density at radius 1 is 1.09 bits per heavy atom. The molecule has 0 spiro atoms. The zero-order valence-electron chi connectivity index (χ0n) is 13.8. The first kappa shape index (κ1) is 15.9. The SMILES string of the molecule is CN1CCCC1CNCc1ccc(CN2CCOCC2)cc1. The van der Waals surface area contributed by atoms with Crippen LogP contribution in [0.5, 0.6) is 0 Å². The van der Waals surface area contributed by atoms with Gasteiger partial charge in [-0.25, -0.2) is 0 Å². The lowest BCUT2D eigenvalue weighted by Crippen LogP contribution is -2.35. The molecular weight excluding hydrogens is 274 g/mol. The van der Waals surface area contributed by atoms with Gasteiger partial charge in [0.05, 0.1) is 13.2 Å². The average Bonchev–Trinajstić information content (AvgIpc) is 2.95. The third-order valence-electron chi connectivity index (χ3n) is 4.91. The van der Waals surface area contributed by atoms with E-state index in [4.69, 9.17) is 4.74 Å². The molecule has 0 amide bonds. The fourth-order valence-electron chi connectivity index (χ4n) is 3.40. The zero-order chi connectivity index (χ0) is 15.2. The van der Waals surface area contributed by atoms with Crippen molar-refractivity contribution >= 4 is 0 Å². The van der Waals surface area contributed by atoms with Gasteiger partial charge in [0.2, 0.25) is 0 Å². The third kappa shape index (κ3) is 4.53. The van der Waals surface area contributed by atoms with Crippen molar-refractivity contribution in [2.45, 2.75) is 32.0 Å². The Kier molecular flexibility index (Phi) is 5.84. The molecule has 0 saturated carbocycles. The number of likely N-dealkylation sites (N-methyl/N-ethyl adjacent to an activating group) is 1. The summed E-state index contributed by atoms with van der Waals surface area (Å²) in [6, 6.07) is 9.80. The summed E-state index contributed by atoms with van der Waals surface area (Å²) in [5.74, 6) is 0. The minimum Gasteiger partial charge on any atom is -0.379 e. The minimum atomic E-state index is 0.723. The summed E-state index contributed by atoms with van der Waals surface area (Å²) in [5, 5.41) is 3.61. The Bertz CT molecular complexity index is 442. The second-order valence-corrected chi connectivity index (χ2v) is 6.61. The summed E-state index contributed by atoms with van der Waals surface area (Å²) in [5.41, 5.74) is 2.78. The van der Waals surface area contributed by atoms with Crippen molar-refractivity contribution in [3.63, 3.8) is 0 Å². The molecular formula is C18H29N3O. The number of morpholine rings is 1. The van der Waals surface area contributed by atoms with Gasteiger partial charge in [-0.2, -0.15) is 0 Å². The van der Waals surface area contributed by atoms with Gasteiger partial charge in [0.15, 0.2) is 0 Å². The van der Waals surface area contributed by atoms with Gasteiger partial charge in [-0.05, 0) is 37.6 Å². The number of likely N-dealkylation sites (tertiary alicyclic amines) is 1. The van der Waals surface area contributed by atoms with E-state index in [1.165, 1.54) is 30.5 Å². The number of rotatable bonds is 6. The van der Waals surface area contributed by atoms with E-state index in [0.717, 1.165) is 52.0 Å². The van der Waals surface area contributed by atoms with Crippen LogP contribution in [0.25, 0.3) is 0 Å². The maximum atomic E-state index is 5.40. The first-order chi connectivity index (χ1) is 10.8. The molecule has 1 aromatic rings. The fourth-order valence-corrected chi connectivity index (χ4v) is 3.40. The van der Waals surface area contributed by atoms with Gasteiger partial charge in [-0.15, -0.1) is 0 Å². The van der Waals surface area contributed by atoms with E-state index in [1.807, 2.05) is 0 Å². The Labute approximate surface area is 134 Å². The largest absolute Gasteiger partial charge is 0.379 e. The number of nitrogens with zero attached hydrogens (tertiary/aromatic N) is 2. The molecule has 122 valence electrons. The second-order valence-electron chi connectivity index (χ2n) is 6.61. The number of hydrogen-bond donors (Lipinski definition) is 1. The molecule has 1 N–H and O–H groups in total. The fraction of sp³-hybridized carbons (Fsp3) is 0.667. The van der Waals surface area contributed by atoms with Crippen LogP contribution in [0.4, 0.5) is 0 Å². The maximum Gasteiger partial charge on any atom is 0.0594 e. The first-order valence-electron chi connectivity index (χ1n) is 8.60. The van der Waals surface area contributed by atoms with Crippen LogP contribution >= 0.6 is 0 Å². The van der Waals surface area contributed by atoms with Gasteiger partial charge in [0, 0.05) is 38.8 Å². The molecule has 22 heavy (non-hydrogen) atoms. The molecule has 2 aliphatic rings. The highest BCUT2D eigenvalue weighted by Crippen LogP contribution is 2.14. The second kappa shape index (κ2) is 8.06. The van der Waals surface area contributed by atoms with Crippen LogP contribution in [0.2, 0.25) is 0 Å². The molecule has 2 fully saturated rings. The summed E-state index contributed by atoms with van der Waals surface area (Å²) in [7, 11) is 2.24. The van der Waals surface area contributed by atoms with Crippen molar-refractivity contribution < 1.29 is 4.74 Å². The van der Waals surface area contributed by atoms with E-state index in [0.29, 0.717) is 0 Å². The molecule has 1 atom stereocenters. The summed E-state index contributed by atoms with van der Waals surface area (Å²) in [4.78, 5) is 4.94. The molecule has 1 aromatic carbocycles. The van der Waals surface area contributed by atoms with E-state index < -0.39 is 0 Å². The molecule has 3 rings (SSSR count). The van der Waals surface area contributed by atoms with Gasteiger partial charge in [0.25, 0.3) is 0 Å². The zero-order valence-corrected chi connectivity index (χ0v) is 13.8. The molecule has 4 heteroatoms. The lowest BCUT2D eigenvalue weighted by Gasteiger charge is -2.26. The normalized spacial score (nSPS) is 24.0. The molecule has 4 nitrogen and oxygen atoms in total. The summed E-state index contributed by atoms with van der Waals surface area (Å²) >= 11 is 0. The van der Waals surface area contributed by atoms with Crippen molar-refractivity contribution in [1.82, 2.24) is 15.1 Å². The molecule has 0 radical (unpaired) electrons. The van der Waals surface area contributed by atoms with Gasteiger partial charge in [-0.1, -0.05) is 24.3 Å². The minimum absolute atomic E-state index is 0.723. The highest BCUT2D eigenvalue weighted by molar-refractivity contribution is 5.22. The highest BCUT2D eigenvalue weighted by atomic mass is 16.5. The molecule has 2 saturated heterocycles. The van der Waals surface area contributed by atoms with Gasteiger partial charge in [0.1, 0.15) is 0 Å². The van der Waals surface area contributed by atoms with E-state index >= 15 is 0 Å². The molecule has 0 aliphatic carbocycles. The van der Waals surface area contributed by atoms with Crippen molar-refractivity contribution in [2.75, 3.05) is 46.4 Å². The average molecular weight is 303 g/mol. The van der Waals surface area contributed by atoms with Crippen molar-refractivity contribution in [3.8, 4) is 0 Å². The van der Waals surface area contributed by atoms with Gasteiger partial charge < -0.3 is 15.0 Å². The number of benzene rings is 1. The Balaban J connectivity index is 1.41. The van der Waals surface area contributed by atoms with Crippen LogP contribution in [-0.4, -0.2) is 62.3 Å². The van der Waals surface area contributed by atoms with Gasteiger partial charge in [-0.3, -0.25) is 4.90 Å². The Morgan fingerprint density at radius 2 is 1.82 bits per heavy atom. The molecule has 0 bridgehead atoms. The standard InChI is InChI=1S/C18H29N3O/c1-20-8-2-3-18(20)14-19-13-16-4-6-17(7-5-16)15-21-9-11-22-12-10-21/h4-7,18-19H,2-3,8-15H2,1H3. The van der Waals surface area contributed by atoms with Crippen LogP contribution in [0.3, 0.4) is 0 Å². The van der Waals surface area contributed by atoms with E-state index in [2.05, 4.69) is 46.4 Å². The lowest BCUT2D eigenvalue weighted by molar-refractivity contribution is 0.0342. The van der Waals surface area contributed by atoms with Crippen molar-refractivity contribution in [2.24, 2.45) is 0 Å². The molecule has 0 aromatic heterocycles. The first-order valence-corrected chi connectivity index (χ1v) is 8.60. The number of ether oxygens (including phenoxy) is 1. The van der Waals surface area contributed by atoms with E-state index in [9.17, 15) is 0 Å². The predicted molar refractivity (Wildman–Crippen MR) is 89.9 cm³/mol. The summed E-state index contributed by atoms with van der Waals surface area (Å²) in [6.45, 7) is 8.23. The van der Waals surface area contributed by atoms with Crippen LogP contribution in [-0.2, 0) is 17.8 Å². The summed E-state index contributed by atoms with van der Waals surface area (Å²) < 4.78 is 5.40. The molecule has 2 aliphatic heterocycles. The topological polar surface area (TPSA) is 27.7 Å². The summed E-state index contributed by atoms with van der Waals surface area (Å²) in [6.07, 6.45) is 2.68. The van der Waals surface area contributed by atoms with Crippen LogP contribution in [0.1, 0.15) is 24.0 Å². The Hall–Kier alpha value is -0.940. The van der Waals surface area contributed by atoms with Crippen molar-refractivity contribution in [1.29, 1.82) is 0 Å². The smallest absolute Gasteiger partial charge is 0.0594 e. The van der Waals surface area contributed by atoms with Crippen LogP contribution < -0.4 is 5.32 Å². The number of hydrogen-bond acceptors (Lipinski definition) is 4. The monoisotopic (exact) mass is 303 g/mol. The Morgan fingerprint density at radius 3 is 2.50 bits per heavy atom. The van der Waals surface area contributed by atoms with Crippen molar-refractivity contribution in [3.05, 3.63) is 35.4 Å². The number of nitrogens with one attached hydrogen (secondary N) is 1. The van der Waals surface area contributed by atoms with E-state index in [1.54, 1.807) is 0 Å². The van der Waals surface area contributed by atoms with E-state index in [-0.39, 0.29) is 0 Å². The lowest BCUT2D eigenvalue weighted by atomic mass is 10.1. The molecule has 1 unspecified atom stereocenters. The third-order valence-corrected chi connectivity index (χ3v) is 4.91. The molecule has 2 heterocycles. The van der Waals surface area contributed by atoms with Gasteiger partial charge >= 0.3 is 0 Å². The quantitative estimate of drug-likeness (QED) is 0.866. The van der Waals surface area contributed by atoms with Crippen LogP contribution in [0, 0.1) is 0 Å².